The lowest BCUT2D eigenvalue weighted by Crippen LogP contribution is -2.47. The van der Waals surface area contributed by atoms with Gasteiger partial charge >= 0.3 is 12.1 Å². The monoisotopic (exact) mass is 419 g/mol. The summed E-state index contributed by atoms with van der Waals surface area (Å²) < 4.78 is 11.1. The second kappa shape index (κ2) is 8.82. The zero-order chi connectivity index (χ0) is 17.7. The van der Waals surface area contributed by atoms with Crippen molar-refractivity contribution in [1.29, 1.82) is 0 Å². The molecule has 1 N–H and O–H groups in total. The number of aryl methyl sites for hydroxylation is 1. The zero-order valence-corrected chi connectivity index (χ0v) is 16.2. The van der Waals surface area contributed by atoms with Gasteiger partial charge in [0, 0.05) is 22.3 Å². The van der Waals surface area contributed by atoms with Crippen molar-refractivity contribution in [2.45, 2.75) is 45.3 Å². The first-order valence-electron chi connectivity index (χ1n) is 7.95. The Morgan fingerprint density at radius 3 is 3.00 bits per heavy atom. The molecule has 134 valence electrons. The van der Waals surface area contributed by atoms with Gasteiger partial charge in [0.15, 0.2) is 0 Å². The Labute approximate surface area is 153 Å². The van der Waals surface area contributed by atoms with Gasteiger partial charge in [-0.15, -0.1) is 11.3 Å². The van der Waals surface area contributed by atoms with Crippen molar-refractivity contribution in [3.63, 3.8) is 0 Å². The zero-order valence-electron chi connectivity index (χ0n) is 13.8. The van der Waals surface area contributed by atoms with Crippen LogP contribution in [0.5, 0.6) is 0 Å². The van der Waals surface area contributed by atoms with E-state index in [1.807, 2.05) is 13.8 Å². The normalized spacial score (nSPS) is 18.0. The standard InChI is InChI=1S/C16H22BrNO5S/c1-10(2)23-15(20)14-8-12(17)13(24-14)4-3-6-18-11(9-19)5-7-22-16(18)21/h8,10-11,19H,3-7,9H2,1-2H3/t11-/m1/s1. The number of thiophene rings is 1. The number of carbonyl (C=O) groups is 2. The van der Waals surface area contributed by atoms with E-state index in [0.29, 0.717) is 24.4 Å². The molecule has 1 aromatic heterocycles. The van der Waals surface area contributed by atoms with Gasteiger partial charge in [-0.25, -0.2) is 9.59 Å². The molecule has 0 aliphatic carbocycles. The minimum Gasteiger partial charge on any atom is -0.459 e. The van der Waals surface area contributed by atoms with E-state index in [9.17, 15) is 14.7 Å². The van der Waals surface area contributed by atoms with Crippen LogP contribution in [0.4, 0.5) is 4.79 Å². The molecule has 1 aliphatic rings. The highest BCUT2D eigenvalue weighted by Gasteiger charge is 2.28. The molecular formula is C16H22BrNO5S. The predicted octanol–water partition coefficient (Wildman–Crippen LogP) is 3.21. The van der Waals surface area contributed by atoms with Gasteiger partial charge < -0.3 is 19.5 Å². The van der Waals surface area contributed by atoms with Gasteiger partial charge in [-0.3, -0.25) is 0 Å². The maximum atomic E-state index is 11.9. The van der Waals surface area contributed by atoms with Crippen LogP contribution in [0.25, 0.3) is 0 Å². The third-order valence-electron chi connectivity index (χ3n) is 3.67. The minimum atomic E-state index is -0.369. The molecule has 8 heteroatoms. The van der Waals surface area contributed by atoms with Crippen molar-refractivity contribution >= 4 is 39.3 Å². The van der Waals surface area contributed by atoms with E-state index in [2.05, 4.69) is 15.9 Å². The molecule has 2 rings (SSSR count). The number of hydrogen-bond acceptors (Lipinski definition) is 6. The summed E-state index contributed by atoms with van der Waals surface area (Å²) >= 11 is 4.87. The summed E-state index contributed by atoms with van der Waals surface area (Å²) in [6.07, 6.45) is 1.58. The summed E-state index contributed by atoms with van der Waals surface area (Å²) in [5, 5.41) is 9.37. The number of esters is 1. The van der Waals surface area contributed by atoms with E-state index in [-0.39, 0.29) is 30.8 Å². The number of hydrogen-bond donors (Lipinski definition) is 1. The number of ether oxygens (including phenoxy) is 2. The Bertz CT molecular complexity index is 589. The Balaban J connectivity index is 1.91. The van der Waals surface area contributed by atoms with E-state index >= 15 is 0 Å². The summed E-state index contributed by atoms with van der Waals surface area (Å²) in [6.45, 7) is 4.45. The van der Waals surface area contributed by atoms with Crippen molar-refractivity contribution in [3.05, 3.63) is 20.3 Å². The molecule has 1 saturated heterocycles. The topological polar surface area (TPSA) is 76.1 Å². The SMILES string of the molecule is CC(C)OC(=O)c1cc(Br)c(CCCN2C(=O)OCC[C@@H]2CO)s1. The fourth-order valence-electron chi connectivity index (χ4n) is 2.49. The van der Waals surface area contributed by atoms with E-state index in [4.69, 9.17) is 9.47 Å². The van der Waals surface area contributed by atoms with Crippen LogP contribution in [0.1, 0.15) is 41.2 Å². The highest BCUT2D eigenvalue weighted by Crippen LogP contribution is 2.29. The average Bonchev–Trinajstić information content (AvgIpc) is 2.89. The van der Waals surface area contributed by atoms with Gasteiger partial charge in [-0.05, 0) is 48.7 Å². The van der Waals surface area contributed by atoms with Crippen molar-refractivity contribution in [3.8, 4) is 0 Å². The van der Waals surface area contributed by atoms with Crippen LogP contribution < -0.4 is 0 Å². The molecule has 1 fully saturated rings. The largest absolute Gasteiger partial charge is 0.459 e. The first-order valence-corrected chi connectivity index (χ1v) is 9.56. The molecule has 24 heavy (non-hydrogen) atoms. The summed E-state index contributed by atoms with van der Waals surface area (Å²) in [6, 6.07) is 1.60. The fraction of sp³-hybridized carbons (Fsp3) is 0.625. The van der Waals surface area contributed by atoms with Crippen molar-refractivity contribution in [2.75, 3.05) is 19.8 Å². The number of rotatable bonds is 7. The third-order valence-corrected chi connectivity index (χ3v) is 5.81. The average molecular weight is 420 g/mol. The third kappa shape index (κ3) is 4.94. The Morgan fingerprint density at radius 1 is 1.58 bits per heavy atom. The molecule has 0 spiro atoms. The van der Waals surface area contributed by atoms with Crippen LogP contribution in [-0.4, -0.2) is 54.0 Å². The number of nitrogens with zero attached hydrogens (tertiary/aromatic N) is 1. The van der Waals surface area contributed by atoms with Gasteiger partial charge in [0.1, 0.15) is 4.88 Å². The molecule has 6 nitrogen and oxygen atoms in total. The van der Waals surface area contributed by atoms with E-state index in [1.165, 1.54) is 11.3 Å². The second-order valence-corrected chi connectivity index (χ2v) is 7.86. The van der Waals surface area contributed by atoms with Crippen molar-refractivity contribution in [1.82, 2.24) is 4.90 Å². The summed E-state index contributed by atoms with van der Waals surface area (Å²) in [5.41, 5.74) is 0. The first-order chi connectivity index (χ1) is 11.4. The van der Waals surface area contributed by atoms with Gasteiger partial charge in [-0.1, -0.05) is 0 Å². The number of aliphatic hydroxyl groups is 1. The fourth-order valence-corrected chi connectivity index (χ4v) is 4.29. The molecule has 0 aromatic carbocycles. The van der Waals surface area contributed by atoms with Crippen molar-refractivity contribution in [2.24, 2.45) is 0 Å². The van der Waals surface area contributed by atoms with Crippen LogP contribution in [-0.2, 0) is 15.9 Å². The maximum absolute atomic E-state index is 11.9. The van der Waals surface area contributed by atoms with Gasteiger partial charge in [0.05, 0.1) is 25.4 Å². The predicted molar refractivity (Wildman–Crippen MR) is 94.4 cm³/mol. The molecule has 0 radical (unpaired) electrons. The summed E-state index contributed by atoms with van der Waals surface area (Å²) in [5.74, 6) is -0.318. The van der Waals surface area contributed by atoms with Crippen LogP contribution in [0, 0.1) is 0 Å². The summed E-state index contributed by atoms with van der Waals surface area (Å²) in [7, 11) is 0. The van der Waals surface area contributed by atoms with Gasteiger partial charge in [0.2, 0.25) is 0 Å². The highest BCUT2D eigenvalue weighted by atomic mass is 79.9. The molecule has 2 heterocycles. The lowest BCUT2D eigenvalue weighted by atomic mass is 10.1. The molecule has 1 atom stereocenters. The lowest BCUT2D eigenvalue weighted by molar-refractivity contribution is 0.0248. The Hall–Kier alpha value is -1.12. The van der Waals surface area contributed by atoms with Crippen molar-refractivity contribution < 1.29 is 24.2 Å². The Morgan fingerprint density at radius 2 is 2.33 bits per heavy atom. The van der Waals surface area contributed by atoms with E-state index < -0.39 is 0 Å². The molecule has 1 amide bonds. The van der Waals surface area contributed by atoms with E-state index in [1.54, 1.807) is 11.0 Å². The highest BCUT2D eigenvalue weighted by molar-refractivity contribution is 9.10. The first kappa shape index (κ1) is 19.2. The van der Waals surface area contributed by atoms with Crippen LogP contribution in [0.2, 0.25) is 0 Å². The minimum absolute atomic E-state index is 0.0526. The molecule has 0 saturated carbocycles. The smallest absolute Gasteiger partial charge is 0.410 e. The van der Waals surface area contributed by atoms with E-state index in [0.717, 1.165) is 22.2 Å². The van der Waals surface area contributed by atoms with Crippen LogP contribution in [0.3, 0.4) is 0 Å². The number of amides is 1. The quantitative estimate of drug-likeness (QED) is 0.686. The number of aliphatic hydroxyl groups excluding tert-OH is 1. The molecular weight excluding hydrogens is 398 g/mol. The number of cyclic esters (lactones) is 1. The Kier molecular flexibility index (Phi) is 7.06. The summed E-state index contributed by atoms with van der Waals surface area (Å²) in [4.78, 5) is 26.9. The number of halogens is 1. The maximum Gasteiger partial charge on any atom is 0.410 e. The molecule has 1 aromatic rings. The number of carbonyl (C=O) groups excluding carboxylic acids is 2. The van der Waals surface area contributed by atoms with Gasteiger partial charge in [-0.2, -0.15) is 0 Å². The van der Waals surface area contributed by atoms with Gasteiger partial charge in [0.25, 0.3) is 0 Å². The van der Waals surface area contributed by atoms with Crippen LogP contribution in [0.15, 0.2) is 10.5 Å². The molecule has 0 bridgehead atoms. The lowest BCUT2D eigenvalue weighted by Gasteiger charge is -2.33. The van der Waals surface area contributed by atoms with Crippen LogP contribution >= 0.6 is 27.3 Å². The molecule has 0 unspecified atom stereocenters. The molecule has 1 aliphatic heterocycles. The second-order valence-electron chi connectivity index (χ2n) is 5.87.